The van der Waals surface area contributed by atoms with Crippen molar-refractivity contribution in [3.05, 3.63) is 53.0 Å². The average Bonchev–Trinajstić information content (AvgIpc) is 2.95. The Morgan fingerprint density at radius 1 is 1.38 bits per heavy atom. The molecule has 0 bridgehead atoms. The SMILES string of the molecule is CCn1cc(Nc2ccc([N+](=O)[O-])c3ncccc23)cn1. The molecule has 0 aliphatic rings. The summed E-state index contributed by atoms with van der Waals surface area (Å²) >= 11 is 0. The normalized spacial score (nSPS) is 10.7. The summed E-state index contributed by atoms with van der Waals surface area (Å²) in [5.74, 6) is 0. The van der Waals surface area contributed by atoms with Gasteiger partial charge in [0.1, 0.15) is 5.52 Å². The fourth-order valence-corrected chi connectivity index (χ4v) is 2.17. The van der Waals surface area contributed by atoms with E-state index in [9.17, 15) is 10.1 Å². The Hall–Kier alpha value is -2.96. The third-order valence-electron chi connectivity index (χ3n) is 3.18. The molecule has 0 unspecified atom stereocenters. The first-order valence-corrected chi connectivity index (χ1v) is 6.50. The van der Waals surface area contributed by atoms with Crippen LogP contribution < -0.4 is 5.32 Å². The van der Waals surface area contributed by atoms with Gasteiger partial charge in [0.25, 0.3) is 5.69 Å². The molecule has 7 heteroatoms. The molecule has 0 amide bonds. The lowest BCUT2D eigenvalue weighted by Gasteiger charge is -2.07. The molecular weight excluding hydrogens is 270 g/mol. The Morgan fingerprint density at radius 2 is 2.24 bits per heavy atom. The molecule has 106 valence electrons. The van der Waals surface area contributed by atoms with Crippen molar-refractivity contribution in [3.63, 3.8) is 0 Å². The van der Waals surface area contributed by atoms with Gasteiger partial charge in [-0.05, 0) is 25.1 Å². The Bertz CT molecular complexity index is 812. The topological polar surface area (TPSA) is 85.9 Å². The number of fused-ring (bicyclic) bond motifs is 1. The quantitative estimate of drug-likeness (QED) is 0.587. The minimum Gasteiger partial charge on any atom is -0.352 e. The summed E-state index contributed by atoms with van der Waals surface area (Å²) in [7, 11) is 0. The second kappa shape index (κ2) is 5.20. The van der Waals surface area contributed by atoms with Crippen LogP contribution in [0.1, 0.15) is 6.92 Å². The second-order valence-corrected chi connectivity index (χ2v) is 4.50. The van der Waals surface area contributed by atoms with Gasteiger partial charge in [-0.25, -0.2) is 4.98 Å². The molecule has 0 atom stereocenters. The molecule has 7 nitrogen and oxygen atoms in total. The maximum Gasteiger partial charge on any atom is 0.295 e. The van der Waals surface area contributed by atoms with Crippen LogP contribution in [0.5, 0.6) is 0 Å². The third-order valence-corrected chi connectivity index (χ3v) is 3.18. The summed E-state index contributed by atoms with van der Waals surface area (Å²) in [6, 6.07) is 6.71. The number of nitrogens with zero attached hydrogens (tertiary/aromatic N) is 4. The van der Waals surface area contributed by atoms with E-state index in [0.717, 1.165) is 17.9 Å². The summed E-state index contributed by atoms with van der Waals surface area (Å²) in [6.07, 6.45) is 5.14. The van der Waals surface area contributed by atoms with Gasteiger partial charge in [-0.3, -0.25) is 14.8 Å². The van der Waals surface area contributed by atoms with Crippen LogP contribution in [-0.4, -0.2) is 19.7 Å². The first kappa shape index (κ1) is 13.0. The molecule has 0 saturated carbocycles. The first-order chi connectivity index (χ1) is 10.2. The van der Waals surface area contributed by atoms with Gasteiger partial charge < -0.3 is 5.32 Å². The van der Waals surface area contributed by atoms with E-state index in [2.05, 4.69) is 15.4 Å². The largest absolute Gasteiger partial charge is 0.352 e. The van der Waals surface area contributed by atoms with Crippen LogP contribution in [0.25, 0.3) is 10.9 Å². The zero-order valence-corrected chi connectivity index (χ0v) is 11.4. The number of pyridine rings is 1. The van der Waals surface area contributed by atoms with Gasteiger partial charge >= 0.3 is 0 Å². The van der Waals surface area contributed by atoms with Crippen molar-refractivity contribution in [3.8, 4) is 0 Å². The van der Waals surface area contributed by atoms with Gasteiger partial charge in [0, 0.05) is 36.1 Å². The summed E-state index contributed by atoms with van der Waals surface area (Å²) in [5.41, 5.74) is 1.96. The average molecular weight is 283 g/mol. The summed E-state index contributed by atoms with van der Waals surface area (Å²) < 4.78 is 1.80. The fraction of sp³-hybridized carbons (Fsp3) is 0.143. The van der Waals surface area contributed by atoms with Crippen LogP contribution >= 0.6 is 0 Å². The van der Waals surface area contributed by atoms with Gasteiger partial charge in [0.05, 0.1) is 16.8 Å². The number of hydrogen-bond acceptors (Lipinski definition) is 5. The molecule has 0 spiro atoms. The molecule has 1 aromatic carbocycles. The Morgan fingerprint density at radius 3 is 2.95 bits per heavy atom. The van der Waals surface area contributed by atoms with Crippen molar-refractivity contribution in [2.24, 2.45) is 0 Å². The molecular formula is C14H13N5O2. The van der Waals surface area contributed by atoms with Crippen molar-refractivity contribution in [2.45, 2.75) is 13.5 Å². The number of non-ortho nitro benzene ring substituents is 1. The van der Waals surface area contributed by atoms with E-state index in [0.29, 0.717) is 10.9 Å². The number of benzene rings is 1. The van der Waals surface area contributed by atoms with Crippen LogP contribution in [0, 0.1) is 10.1 Å². The minimum absolute atomic E-state index is 0.000373. The molecule has 1 N–H and O–H groups in total. The van der Waals surface area contributed by atoms with Gasteiger partial charge in [-0.1, -0.05) is 0 Å². The molecule has 21 heavy (non-hydrogen) atoms. The van der Waals surface area contributed by atoms with Crippen LogP contribution in [0.3, 0.4) is 0 Å². The number of nitro groups is 1. The molecule has 3 aromatic rings. The molecule has 0 radical (unpaired) electrons. The van der Waals surface area contributed by atoms with E-state index in [4.69, 9.17) is 0 Å². The predicted molar refractivity (Wildman–Crippen MR) is 79.6 cm³/mol. The van der Waals surface area contributed by atoms with Crippen LogP contribution in [0.4, 0.5) is 17.1 Å². The fourth-order valence-electron chi connectivity index (χ4n) is 2.17. The summed E-state index contributed by atoms with van der Waals surface area (Å²) in [5, 5.41) is 19.2. The smallest absolute Gasteiger partial charge is 0.295 e. The number of rotatable bonds is 4. The lowest BCUT2D eigenvalue weighted by atomic mass is 10.1. The van der Waals surface area contributed by atoms with Crippen LogP contribution in [0.2, 0.25) is 0 Å². The maximum atomic E-state index is 11.1. The third kappa shape index (κ3) is 2.40. The molecule has 3 rings (SSSR count). The van der Waals surface area contributed by atoms with Crippen molar-refractivity contribution >= 4 is 28.0 Å². The summed E-state index contributed by atoms with van der Waals surface area (Å²) in [6.45, 7) is 2.78. The lowest BCUT2D eigenvalue weighted by Crippen LogP contribution is -1.96. The highest BCUT2D eigenvalue weighted by molar-refractivity contribution is 5.98. The molecule has 2 heterocycles. The van der Waals surface area contributed by atoms with E-state index in [1.807, 2.05) is 19.2 Å². The van der Waals surface area contributed by atoms with Gasteiger partial charge in [0.2, 0.25) is 0 Å². The first-order valence-electron chi connectivity index (χ1n) is 6.50. The monoisotopic (exact) mass is 283 g/mol. The second-order valence-electron chi connectivity index (χ2n) is 4.50. The minimum atomic E-state index is -0.422. The zero-order chi connectivity index (χ0) is 14.8. The van der Waals surface area contributed by atoms with E-state index < -0.39 is 4.92 Å². The standard InChI is InChI=1S/C14H13N5O2/c1-2-18-9-10(8-16-18)17-12-5-6-13(19(20)21)14-11(12)4-3-7-15-14/h3-9,17H,2H2,1H3. The highest BCUT2D eigenvalue weighted by atomic mass is 16.6. The molecule has 0 saturated heterocycles. The van der Waals surface area contributed by atoms with E-state index >= 15 is 0 Å². The van der Waals surface area contributed by atoms with E-state index in [-0.39, 0.29) is 5.69 Å². The number of aryl methyl sites for hydroxylation is 1. The summed E-state index contributed by atoms with van der Waals surface area (Å²) in [4.78, 5) is 14.8. The molecule has 0 aliphatic carbocycles. The highest BCUT2D eigenvalue weighted by Crippen LogP contribution is 2.31. The van der Waals surface area contributed by atoms with Crippen LogP contribution in [-0.2, 0) is 6.54 Å². The number of anilines is 2. The van der Waals surface area contributed by atoms with Crippen molar-refractivity contribution < 1.29 is 4.92 Å². The Labute approximate surface area is 120 Å². The van der Waals surface area contributed by atoms with Gasteiger partial charge in [0.15, 0.2) is 0 Å². The van der Waals surface area contributed by atoms with Gasteiger partial charge in [-0.15, -0.1) is 0 Å². The lowest BCUT2D eigenvalue weighted by molar-refractivity contribution is -0.383. The number of nitro benzene ring substituents is 1. The Balaban J connectivity index is 2.07. The van der Waals surface area contributed by atoms with Crippen molar-refractivity contribution in [1.82, 2.24) is 14.8 Å². The van der Waals surface area contributed by atoms with Crippen molar-refractivity contribution in [2.75, 3.05) is 5.32 Å². The number of nitrogens with one attached hydrogen (secondary N) is 1. The van der Waals surface area contributed by atoms with E-state index in [1.165, 1.54) is 6.07 Å². The zero-order valence-electron chi connectivity index (χ0n) is 11.4. The molecule has 0 fully saturated rings. The predicted octanol–water partition coefficient (Wildman–Crippen LogP) is 3.10. The van der Waals surface area contributed by atoms with Crippen LogP contribution in [0.15, 0.2) is 42.9 Å². The van der Waals surface area contributed by atoms with Gasteiger partial charge in [-0.2, -0.15) is 5.10 Å². The van der Waals surface area contributed by atoms with Crippen molar-refractivity contribution in [1.29, 1.82) is 0 Å². The molecule has 2 aromatic heterocycles. The van der Waals surface area contributed by atoms with E-state index in [1.54, 1.807) is 29.2 Å². The number of aromatic nitrogens is 3. The Kier molecular flexibility index (Phi) is 3.23. The maximum absolute atomic E-state index is 11.1. The molecule has 0 aliphatic heterocycles. The number of hydrogen-bond donors (Lipinski definition) is 1. The highest BCUT2D eigenvalue weighted by Gasteiger charge is 2.15.